The maximum atomic E-state index is 3.52. The molecular weight excluding hydrogens is 230 g/mol. The number of aryl methyl sites for hydroxylation is 3. The summed E-state index contributed by atoms with van der Waals surface area (Å²) in [5.41, 5.74) is 5.87. The van der Waals surface area contributed by atoms with Gasteiger partial charge in [0.2, 0.25) is 0 Å². The predicted molar refractivity (Wildman–Crippen MR) is 85.8 cm³/mol. The van der Waals surface area contributed by atoms with Crippen LogP contribution >= 0.6 is 0 Å². The van der Waals surface area contributed by atoms with Gasteiger partial charge in [0, 0.05) is 0 Å². The molecule has 0 aliphatic carbocycles. The van der Waals surface area contributed by atoms with E-state index in [-0.39, 0.29) is 0 Å². The Labute approximate surface area is 119 Å². The molecule has 0 bridgehead atoms. The van der Waals surface area contributed by atoms with Crippen LogP contribution in [-0.4, -0.2) is 13.1 Å². The molecule has 0 fully saturated rings. The van der Waals surface area contributed by atoms with Crippen LogP contribution in [0.15, 0.2) is 12.1 Å². The highest BCUT2D eigenvalue weighted by atomic mass is 14.8. The van der Waals surface area contributed by atoms with Crippen LogP contribution in [0.4, 0.5) is 0 Å². The maximum absolute atomic E-state index is 3.52. The minimum Gasteiger partial charge on any atom is -0.317 e. The summed E-state index contributed by atoms with van der Waals surface area (Å²) in [5, 5.41) is 3.52. The smallest absolute Gasteiger partial charge is 0.00173 e. The van der Waals surface area contributed by atoms with Gasteiger partial charge in [0.05, 0.1) is 0 Å². The molecule has 1 atom stereocenters. The molecule has 0 saturated heterocycles. The third-order valence-electron chi connectivity index (χ3n) is 3.82. The molecule has 1 rings (SSSR count). The van der Waals surface area contributed by atoms with Gasteiger partial charge in [-0.2, -0.15) is 0 Å². The van der Waals surface area contributed by atoms with Crippen molar-refractivity contribution in [3.8, 4) is 0 Å². The number of rotatable bonds is 7. The first-order valence-electron chi connectivity index (χ1n) is 7.71. The van der Waals surface area contributed by atoms with E-state index in [1.54, 1.807) is 5.56 Å². The van der Waals surface area contributed by atoms with Crippen LogP contribution in [0.2, 0.25) is 0 Å². The van der Waals surface area contributed by atoms with Crippen LogP contribution in [0.3, 0.4) is 0 Å². The largest absolute Gasteiger partial charge is 0.317 e. The molecule has 0 saturated carbocycles. The van der Waals surface area contributed by atoms with Crippen molar-refractivity contribution in [2.45, 2.75) is 54.4 Å². The molecule has 0 aliphatic heterocycles. The summed E-state index contributed by atoms with van der Waals surface area (Å²) in [5.74, 6) is 1.52. The second-order valence-corrected chi connectivity index (χ2v) is 6.38. The molecule has 0 radical (unpaired) electrons. The van der Waals surface area contributed by atoms with Gasteiger partial charge in [0.25, 0.3) is 0 Å². The second kappa shape index (κ2) is 7.69. The molecule has 1 unspecified atom stereocenters. The lowest BCUT2D eigenvalue weighted by Crippen LogP contribution is -2.25. The van der Waals surface area contributed by atoms with E-state index in [9.17, 15) is 0 Å². The average Bonchev–Trinajstić information content (AvgIpc) is 2.29. The highest BCUT2D eigenvalue weighted by Gasteiger charge is 2.14. The normalized spacial score (nSPS) is 13.0. The highest BCUT2D eigenvalue weighted by molar-refractivity contribution is 5.37. The van der Waals surface area contributed by atoms with Crippen LogP contribution in [0.1, 0.15) is 49.4 Å². The van der Waals surface area contributed by atoms with Gasteiger partial charge >= 0.3 is 0 Å². The molecule has 1 heteroatoms. The first-order valence-corrected chi connectivity index (χ1v) is 7.71. The Balaban J connectivity index is 2.83. The van der Waals surface area contributed by atoms with E-state index in [1.807, 2.05) is 0 Å². The van der Waals surface area contributed by atoms with Crippen molar-refractivity contribution < 1.29 is 0 Å². The summed E-state index contributed by atoms with van der Waals surface area (Å²) in [6, 6.07) is 4.64. The monoisotopic (exact) mass is 261 g/mol. The van der Waals surface area contributed by atoms with E-state index in [1.165, 1.54) is 29.5 Å². The van der Waals surface area contributed by atoms with Gasteiger partial charge in [-0.1, -0.05) is 38.5 Å². The van der Waals surface area contributed by atoms with Crippen LogP contribution in [0.25, 0.3) is 0 Å². The van der Waals surface area contributed by atoms with Crippen molar-refractivity contribution >= 4 is 0 Å². The van der Waals surface area contributed by atoms with Gasteiger partial charge in [0.1, 0.15) is 0 Å². The van der Waals surface area contributed by atoms with Gasteiger partial charge < -0.3 is 5.32 Å². The van der Waals surface area contributed by atoms with E-state index >= 15 is 0 Å². The van der Waals surface area contributed by atoms with Crippen LogP contribution in [0, 0.1) is 32.6 Å². The van der Waals surface area contributed by atoms with Crippen molar-refractivity contribution in [3.05, 3.63) is 34.4 Å². The fourth-order valence-electron chi connectivity index (χ4n) is 3.07. The van der Waals surface area contributed by atoms with Crippen molar-refractivity contribution in [3.63, 3.8) is 0 Å². The zero-order chi connectivity index (χ0) is 14.4. The molecular formula is C18H31N. The molecule has 0 aromatic heterocycles. The van der Waals surface area contributed by atoms with E-state index < -0.39 is 0 Å². The number of benzene rings is 1. The van der Waals surface area contributed by atoms with E-state index in [2.05, 4.69) is 59.0 Å². The lowest BCUT2D eigenvalue weighted by Gasteiger charge is -2.22. The van der Waals surface area contributed by atoms with Gasteiger partial charge in [-0.3, -0.25) is 0 Å². The van der Waals surface area contributed by atoms with E-state index in [0.717, 1.165) is 24.9 Å². The first-order chi connectivity index (χ1) is 8.93. The molecule has 1 nitrogen and oxygen atoms in total. The van der Waals surface area contributed by atoms with Crippen LogP contribution in [-0.2, 0) is 6.42 Å². The van der Waals surface area contributed by atoms with E-state index in [0.29, 0.717) is 0 Å². The molecule has 1 aromatic carbocycles. The Hall–Kier alpha value is -0.820. The predicted octanol–water partition coefficient (Wildman–Crippen LogP) is 4.43. The van der Waals surface area contributed by atoms with Gasteiger partial charge in [-0.05, 0) is 75.2 Å². The van der Waals surface area contributed by atoms with Crippen molar-refractivity contribution in [1.82, 2.24) is 5.32 Å². The number of hydrogen-bond donors (Lipinski definition) is 1. The molecule has 1 N–H and O–H groups in total. The first kappa shape index (κ1) is 16.2. The molecule has 0 spiro atoms. The summed E-state index contributed by atoms with van der Waals surface area (Å²) >= 11 is 0. The van der Waals surface area contributed by atoms with Crippen molar-refractivity contribution in [2.24, 2.45) is 11.8 Å². The third kappa shape index (κ3) is 5.36. The standard InChI is InChI=1S/C18H31N/c1-7-19-12-17(8-13(2)3)11-18-15(5)9-14(4)10-16(18)6/h9-10,13,17,19H,7-8,11-12H2,1-6H3. The summed E-state index contributed by atoms with van der Waals surface area (Å²) in [7, 11) is 0. The maximum Gasteiger partial charge on any atom is -0.00173 e. The quantitative estimate of drug-likeness (QED) is 0.766. The minimum atomic E-state index is 0.750. The Morgan fingerprint density at radius 1 is 1.05 bits per heavy atom. The van der Waals surface area contributed by atoms with E-state index in [4.69, 9.17) is 0 Å². The molecule has 0 heterocycles. The second-order valence-electron chi connectivity index (χ2n) is 6.38. The lowest BCUT2D eigenvalue weighted by molar-refractivity contribution is 0.387. The summed E-state index contributed by atoms with van der Waals surface area (Å²) in [6.07, 6.45) is 2.52. The average molecular weight is 261 g/mol. The molecule has 0 aliphatic rings. The Bertz CT molecular complexity index is 370. The summed E-state index contributed by atoms with van der Waals surface area (Å²) in [6.45, 7) is 15.8. The molecule has 1 aromatic rings. The number of nitrogens with one attached hydrogen (secondary N) is 1. The lowest BCUT2D eigenvalue weighted by atomic mass is 9.87. The SMILES string of the molecule is CCNCC(Cc1c(C)cc(C)cc1C)CC(C)C. The van der Waals surface area contributed by atoms with Crippen LogP contribution < -0.4 is 5.32 Å². The molecule has 108 valence electrons. The van der Waals surface area contributed by atoms with Crippen LogP contribution in [0.5, 0.6) is 0 Å². The Morgan fingerprint density at radius 2 is 1.63 bits per heavy atom. The fourth-order valence-corrected chi connectivity index (χ4v) is 3.07. The van der Waals surface area contributed by atoms with Gasteiger partial charge in [-0.25, -0.2) is 0 Å². The third-order valence-corrected chi connectivity index (χ3v) is 3.82. The Kier molecular flexibility index (Phi) is 6.57. The number of hydrogen-bond acceptors (Lipinski definition) is 1. The topological polar surface area (TPSA) is 12.0 Å². The van der Waals surface area contributed by atoms with Gasteiger partial charge in [-0.15, -0.1) is 0 Å². The minimum absolute atomic E-state index is 0.750. The molecule has 0 amide bonds. The Morgan fingerprint density at radius 3 is 2.11 bits per heavy atom. The van der Waals surface area contributed by atoms with Crippen molar-refractivity contribution in [2.75, 3.05) is 13.1 Å². The highest BCUT2D eigenvalue weighted by Crippen LogP contribution is 2.23. The zero-order valence-electron chi connectivity index (χ0n) is 13.6. The zero-order valence-corrected chi connectivity index (χ0v) is 13.6. The summed E-state index contributed by atoms with van der Waals surface area (Å²) in [4.78, 5) is 0. The van der Waals surface area contributed by atoms with Gasteiger partial charge in [0.15, 0.2) is 0 Å². The molecule has 19 heavy (non-hydrogen) atoms. The van der Waals surface area contributed by atoms with Crippen molar-refractivity contribution in [1.29, 1.82) is 0 Å². The fraction of sp³-hybridized carbons (Fsp3) is 0.667. The summed E-state index contributed by atoms with van der Waals surface area (Å²) < 4.78 is 0.